The summed E-state index contributed by atoms with van der Waals surface area (Å²) in [6.45, 7) is 0.0959. The van der Waals surface area contributed by atoms with E-state index in [0.29, 0.717) is 16.5 Å². The van der Waals surface area contributed by atoms with Crippen LogP contribution in [0.3, 0.4) is 0 Å². The molecular weight excluding hydrogens is 293 g/mol. The van der Waals surface area contributed by atoms with E-state index in [4.69, 9.17) is 33.0 Å². The van der Waals surface area contributed by atoms with Crippen LogP contribution in [0.2, 0.25) is 10.0 Å². The van der Waals surface area contributed by atoms with Crippen LogP contribution in [0.25, 0.3) is 0 Å². The zero-order valence-corrected chi connectivity index (χ0v) is 11.5. The molecule has 0 saturated carbocycles. The van der Waals surface area contributed by atoms with Gasteiger partial charge >= 0.3 is 5.97 Å². The number of carboxylic acids is 1. The highest BCUT2D eigenvalue weighted by Gasteiger charge is 2.36. The lowest BCUT2D eigenvalue weighted by molar-refractivity contribution is -0.141. The summed E-state index contributed by atoms with van der Waals surface area (Å²) in [4.78, 5) is 24.1. The molecule has 19 heavy (non-hydrogen) atoms. The molecule has 1 aliphatic heterocycles. The third-order valence-electron chi connectivity index (χ3n) is 2.99. The van der Waals surface area contributed by atoms with Gasteiger partial charge in [-0.05, 0) is 6.07 Å². The molecule has 1 saturated heterocycles. The summed E-state index contributed by atoms with van der Waals surface area (Å²) in [5.41, 5.74) is 0.414. The Morgan fingerprint density at radius 1 is 1.42 bits per heavy atom. The molecule has 1 atom stereocenters. The third kappa shape index (κ3) is 2.62. The molecule has 1 unspecified atom stereocenters. The van der Waals surface area contributed by atoms with Crippen LogP contribution in [-0.2, 0) is 9.59 Å². The first kappa shape index (κ1) is 14.0. The molecule has 2 rings (SSSR count). The number of benzene rings is 1. The number of aliphatic carboxylic acids is 1. The number of anilines is 1. The van der Waals surface area contributed by atoms with Gasteiger partial charge in [-0.25, -0.2) is 0 Å². The lowest BCUT2D eigenvalue weighted by atomic mass is 10.1. The fourth-order valence-electron chi connectivity index (χ4n) is 1.99. The van der Waals surface area contributed by atoms with Crippen LogP contribution in [0.5, 0.6) is 5.75 Å². The van der Waals surface area contributed by atoms with Gasteiger partial charge in [0.05, 0.1) is 28.8 Å². The molecule has 1 N–H and O–H groups in total. The molecule has 1 aromatic carbocycles. The van der Waals surface area contributed by atoms with Crippen LogP contribution >= 0.6 is 23.2 Å². The SMILES string of the molecule is COc1cc(N2CC(C(=O)O)CC2=O)c(Cl)cc1Cl. The van der Waals surface area contributed by atoms with Gasteiger partial charge in [0.15, 0.2) is 0 Å². The van der Waals surface area contributed by atoms with Crippen molar-refractivity contribution in [3.63, 3.8) is 0 Å². The summed E-state index contributed by atoms with van der Waals surface area (Å²) >= 11 is 12.0. The van der Waals surface area contributed by atoms with Crippen molar-refractivity contribution < 1.29 is 19.4 Å². The average Bonchev–Trinajstić information content (AvgIpc) is 2.72. The van der Waals surface area contributed by atoms with E-state index >= 15 is 0 Å². The first-order valence-electron chi connectivity index (χ1n) is 5.50. The van der Waals surface area contributed by atoms with Crippen LogP contribution in [0.4, 0.5) is 5.69 Å². The Hall–Kier alpha value is -1.46. The minimum atomic E-state index is -0.993. The Labute approximate surface area is 119 Å². The second-order valence-electron chi connectivity index (χ2n) is 4.18. The van der Waals surface area contributed by atoms with Gasteiger partial charge in [-0.3, -0.25) is 9.59 Å². The van der Waals surface area contributed by atoms with Crippen molar-refractivity contribution in [2.75, 3.05) is 18.6 Å². The second-order valence-corrected chi connectivity index (χ2v) is 5.00. The van der Waals surface area contributed by atoms with Crippen molar-refractivity contribution in [3.05, 3.63) is 22.2 Å². The zero-order valence-electron chi connectivity index (χ0n) is 10.0. The van der Waals surface area contributed by atoms with Crippen LogP contribution in [0.1, 0.15) is 6.42 Å². The molecule has 5 nitrogen and oxygen atoms in total. The summed E-state index contributed by atoms with van der Waals surface area (Å²) in [6.07, 6.45) is -0.0311. The van der Waals surface area contributed by atoms with E-state index in [0.717, 1.165) is 0 Å². The standard InChI is InChI=1S/C12H11Cl2NO4/c1-19-10-4-9(7(13)3-8(10)14)15-5-6(12(17)18)2-11(15)16/h3-4,6H,2,5H2,1H3,(H,17,18). The van der Waals surface area contributed by atoms with E-state index < -0.39 is 11.9 Å². The largest absolute Gasteiger partial charge is 0.495 e. The van der Waals surface area contributed by atoms with Gasteiger partial charge in [0.2, 0.25) is 5.91 Å². The van der Waals surface area contributed by atoms with Crippen LogP contribution in [0.15, 0.2) is 12.1 Å². The number of carboxylic acid groups (broad SMARTS) is 1. The number of hydrogen-bond acceptors (Lipinski definition) is 3. The van der Waals surface area contributed by atoms with Crippen molar-refractivity contribution in [2.24, 2.45) is 5.92 Å². The Balaban J connectivity index is 2.37. The lowest BCUT2D eigenvalue weighted by Gasteiger charge is -2.19. The van der Waals surface area contributed by atoms with E-state index in [-0.39, 0.29) is 23.9 Å². The number of amides is 1. The molecule has 1 amide bonds. The minimum Gasteiger partial charge on any atom is -0.495 e. The molecule has 1 aliphatic rings. The number of nitrogens with zero attached hydrogens (tertiary/aromatic N) is 1. The van der Waals surface area contributed by atoms with Crippen molar-refractivity contribution in [3.8, 4) is 5.75 Å². The number of halogens is 2. The summed E-state index contributed by atoms with van der Waals surface area (Å²) in [6, 6.07) is 3.01. The third-order valence-corrected chi connectivity index (χ3v) is 3.58. The van der Waals surface area contributed by atoms with Crippen molar-refractivity contribution >= 4 is 40.8 Å². The summed E-state index contributed by atoms with van der Waals surface area (Å²) in [5, 5.41) is 9.57. The van der Waals surface area contributed by atoms with Crippen molar-refractivity contribution in [2.45, 2.75) is 6.42 Å². The van der Waals surface area contributed by atoms with Crippen molar-refractivity contribution in [1.82, 2.24) is 0 Å². The quantitative estimate of drug-likeness (QED) is 0.931. The molecule has 1 heterocycles. The van der Waals surface area contributed by atoms with E-state index in [9.17, 15) is 9.59 Å². The van der Waals surface area contributed by atoms with Gasteiger partial charge in [-0.1, -0.05) is 23.2 Å². The van der Waals surface area contributed by atoms with Gasteiger partial charge < -0.3 is 14.7 Å². The number of hydrogen-bond donors (Lipinski definition) is 1. The molecule has 0 aromatic heterocycles. The van der Waals surface area contributed by atoms with Crippen LogP contribution < -0.4 is 9.64 Å². The fraction of sp³-hybridized carbons (Fsp3) is 0.333. The number of ether oxygens (including phenoxy) is 1. The number of methoxy groups -OCH3 is 1. The Morgan fingerprint density at radius 3 is 2.63 bits per heavy atom. The number of carbonyl (C=O) groups excluding carboxylic acids is 1. The molecule has 0 aliphatic carbocycles. The van der Waals surface area contributed by atoms with Crippen LogP contribution in [0, 0.1) is 5.92 Å². The lowest BCUT2D eigenvalue weighted by Crippen LogP contribution is -2.26. The predicted octanol–water partition coefficient (Wildman–Crippen LogP) is 2.44. The molecule has 0 bridgehead atoms. The highest BCUT2D eigenvalue weighted by atomic mass is 35.5. The van der Waals surface area contributed by atoms with Crippen molar-refractivity contribution in [1.29, 1.82) is 0 Å². The maximum Gasteiger partial charge on any atom is 0.308 e. The van der Waals surface area contributed by atoms with E-state index in [1.54, 1.807) is 0 Å². The fourth-order valence-corrected chi connectivity index (χ4v) is 2.55. The smallest absolute Gasteiger partial charge is 0.308 e. The van der Waals surface area contributed by atoms with Gasteiger partial charge in [-0.15, -0.1) is 0 Å². The monoisotopic (exact) mass is 303 g/mol. The van der Waals surface area contributed by atoms with Gasteiger partial charge in [-0.2, -0.15) is 0 Å². The van der Waals surface area contributed by atoms with E-state index in [1.807, 2.05) is 0 Å². The molecule has 7 heteroatoms. The summed E-state index contributed by atoms with van der Waals surface area (Å²) in [7, 11) is 1.45. The second kappa shape index (κ2) is 5.27. The van der Waals surface area contributed by atoms with E-state index in [1.165, 1.54) is 24.1 Å². The maximum atomic E-state index is 11.9. The molecule has 0 spiro atoms. The van der Waals surface area contributed by atoms with Gasteiger partial charge in [0.1, 0.15) is 5.75 Å². The first-order valence-corrected chi connectivity index (χ1v) is 6.25. The summed E-state index contributed by atoms with van der Waals surface area (Å²) in [5.74, 6) is -1.61. The number of carbonyl (C=O) groups is 2. The Morgan fingerprint density at radius 2 is 2.11 bits per heavy atom. The molecular formula is C12H11Cl2NO4. The highest BCUT2D eigenvalue weighted by molar-refractivity contribution is 6.37. The molecule has 102 valence electrons. The molecule has 0 radical (unpaired) electrons. The first-order chi connectivity index (χ1) is 8.93. The molecule has 1 aromatic rings. The van der Waals surface area contributed by atoms with E-state index in [2.05, 4.69) is 0 Å². The molecule has 1 fully saturated rings. The zero-order chi connectivity index (χ0) is 14.2. The Bertz CT molecular complexity index is 547. The van der Waals surface area contributed by atoms with Gasteiger partial charge in [0, 0.05) is 19.0 Å². The Kier molecular flexibility index (Phi) is 3.87. The topological polar surface area (TPSA) is 66.8 Å². The predicted molar refractivity (Wildman–Crippen MR) is 71.1 cm³/mol. The maximum absolute atomic E-state index is 11.9. The highest BCUT2D eigenvalue weighted by Crippen LogP contribution is 2.38. The summed E-state index contributed by atoms with van der Waals surface area (Å²) < 4.78 is 5.06. The van der Waals surface area contributed by atoms with Gasteiger partial charge in [0.25, 0.3) is 0 Å². The average molecular weight is 304 g/mol. The minimum absolute atomic E-state index is 0.0311. The normalized spacial score (nSPS) is 18.8. The number of rotatable bonds is 3. The van der Waals surface area contributed by atoms with Crippen LogP contribution in [-0.4, -0.2) is 30.6 Å².